The topological polar surface area (TPSA) is 15.3 Å². The van der Waals surface area contributed by atoms with Gasteiger partial charge in [-0.3, -0.25) is 4.90 Å². The van der Waals surface area contributed by atoms with E-state index in [1.54, 1.807) is 0 Å². The lowest BCUT2D eigenvalue weighted by Crippen LogP contribution is -2.55. The van der Waals surface area contributed by atoms with Gasteiger partial charge in [0.25, 0.3) is 0 Å². The van der Waals surface area contributed by atoms with Gasteiger partial charge in [0, 0.05) is 13.1 Å². The maximum atomic E-state index is 3.54. The highest BCUT2D eigenvalue weighted by atomic mass is 15.3. The number of hydrogen-bond acceptors (Lipinski definition) is 2. The predicted molar refractivity (Wildman–Crippen MR) is 48.4 cm³/mol. The third kappa shape index (κ3) is 2.17. The van der Waals surface area contributed by atoms with Gasteiger partial charge in [-0.1, -0.05) is 20.8 Å². The standard InChI is InChI=1S/C9H20N2/c1-7(2)9-10-5-8(3)6-11(9)4/h7-10H,5-6H2,1-4H3. The van der Waals surface area contributed by atoms with E-state index in [1.165, 1.54) is 13.1 Å². The van der Waals surface area contributed by atoms with E-state index in [-0.39, 0.29) is 0 Å². The molecule has 2 nitrogen and oxygen atoms in total. The normalized spacial score (nSPS) is 34.6. The second-order valence-corrected chi connectivity index (χ2v) is 4.14. The molecule has 1 rings (SSSR count). The van der Waals surface area contributed by atoms with Gasteiger partial charge >= 0.3 is 0 Å². The van der Waals surface area contributed by atoms with Crippen molar-refractivity contribution < 1.29 is 0 Å². The lowest BCUT2D eigenvalue weighted by molar-refractivity contribution is 0.0952. The average molecular weight is 156 g/mol. The first-order valence-electron chi connectivity index (χ1n) is 4.55. The van der Waals surface area contributed by atoms with Gasteiger partial charge in [0.1, 0.15) is 0 Å². The Hall–Kier alpha value is -0.0800. The first-order valence-corrected chi connectivity index (χ1v) is 4.55. The van der Waals surface area contributed by atoms with Crippen LogP contribution in [-0.2, 0) is 0 Å². The van der Waals surface area contributed by atoms with Crippen LogP contribution in [0.15, 0.2) is 0 Å². The molecule has 2 heteroatoms. The second kappa shape index (κ2) is 3.55. The van der Waals surface area contributed by atoms with Crippen LogP contribution in [0.1, 0.15) is 20.8 Å². The van der Waals surface area contributed by atoms with Gasteiger partial charge in [-0.25, -0.2) is 0 Å². The highest BCUT2D eigenvalue weighted by Gasteiger charge is 2.24. The summed E-state index contributed by atoms with van der Waals surface area (Å²) in [6.45, 7) is 9.23. The van der Waals surface area contributed by atoms with Crippen molar-refractivity contribution in [3.63, 3.8) is 0 Å². The van der Waals surface area contributed by atoms with Gasteiger partial charge < -0.3 is 5.32 Å². The van der Waals surface area contributed by atoms with Crippen LogP contribution >= 0.6 is 0 Å². The average Bonchev–Trinajstić information content (AvgIpc) is 1.85. The summed E-state index contributed by atoms with van der Waals surface area (Å²) >= 11 is 0. The minimum Gasteiger partial charge on any atom is -0.301 e. The fourth-order valence-corrected chi connectivity index (χ4v) is 1.89. The van der Waals surface area contributed by atoms with Gasteiger partial charge in [-0.05, 0) is 18.9 Å². The molecule has 0 bridgehead atoms. The Morgan fingerprint density at radius 3 is 2.55 bits per heavy atom. The summed E-state index contributed by atoms with van der Waals surface area (Å²) in [5.41, 5.74) is 0. The highest BCUT2D eigenvalue weighted by Crippen LogP contribution is 2.13. The fraction of sp³-hybridized carbons (Fsp3) is 1.00. The number of hydrogen-bond donors (Lipinski definition) is 1. The minimum atomic E-state index is 0.589. The molecule has 0 spiro atoms. The molecule has 2 unspecified atom stereocenters. The van der Waals surface area contributed by atoms with Crippen LogP contribution in [0.25, 0.3) is 0 Å². The van der Waals surface area contributed by atoms with E-state index in [9.17, 15) is 0 Å². The fourth-order valence-electron chi connectivity index (χ4n) is 1.89. The molecule has 0 aliphatic carbocycles. The van der Waals surface area contributed by atoms with E-state index in [4.69, 9.17) is 0 Å². The molecule has 0 amide bonds. The quantitative estimate of drug-likeness (QED) is 0.612. The zero-order valence-corrected chi connectivity index (χ0v) is 8.09. The highest BCUT2D eigenvalue weighted by molar-refractivity contribution is 4.78. The van der Waals surface area contributed by atoms with Crippen molar-refractivity contribution in [2.45, 2.75) is 26.9 Å². The molecule has 0 aromatic carbocycles. The van der Waals surface area contributed by atoms with Crippen LogP contribution in [-0.4, -0.2) is 31.2 Å². The van der Waals surface area contributed by atoms with Crippen LogP contribution in [0, 0.1) is 11.8 Å². The van der Waals surface area contributed by atoms with Crippen molar-refractivity contribution in [1.29, 1.82) is 0 Å². The monoisotopic (exact) mass is 156 g/mol. The van der Waals surface area contributed by atoms with E-state index in [0.29, 0.717) is 12.1 Å². The maximum Gasteiger partial charge on any atom is 0.0618 e. The SMILES string of the molecule is CC1CNC(C(C)C)N(C)C1. The summed E-state index contributed by atoms with van der Waals surface area (Å²) in [5, 5.41) is 3.54. The maximum absolute atomic E-state index is 3.54. The lowest BCUT2D eigenvalue weighted by atomic mass is 10.0. The largest absolute Gasteiger partial charge is 0.301 e. The van der Waals surface area contributed by atoms with Crippen molar-refractivity contribution in [3.05, 3.63) is 0 Å². The molecule has 1 fully saturated rings. The molecule has 0 aromatic heterocycles. The van der Waals surface area contributed by atoms with Crippen LogP contribution in [0.3, 0.4) is 0 Å². The van der Waals surface area contributed by atoms with Gasteiger partial charge in [0.2, 0.25) is 0 Å². The molecule has 1 aliphatic rings. The van der Waals surface area contributed by atoms with E-state index >= 15 is 0 Å². The zero-order valence-electron chi connectivity index (χ0n) is 8.09. The molecule has 1 saturated heterocycles. The Morgan fingerprint density at radius 2 is 2.09 bits per heavy atom. The Labute approximate surface area is 70.0 Å². The van der Waals surface area contributed by atoms with E-state index in [2.05, 4.69) is 38.0 Å². The van der Waals surface area contributed by atoms with Crippen LogP contribution < -0.4 is 5.32 Å². The molecule has 2 atom stereocenters. The Balaban J connectivity index is 2.44. The van der Waals surface area contributed by atoms with Crippen molar-refractivity contribution >= 4 is 0 Å². The summed E-state index contributed by atoms with van der Waals surface area (Å²) in [5.74, 6) is 1.52. The number of rotatable bonds is 1. The van der Waals surface area contributed by atoms with E-state index in [0.717, 1.165) is 5.92 Å². The zero-order chi connectivity index (χ0) is 8.43. The Morgan fingerprint density at radius 1 is 1.45 bits per heavy atom. The molecule has 0 saturated carbocycles. The minimum absolute atomic E-state index is 0.589. The molecule has 1 aliphatic heterocycles. The first kappa shape index (κ1) is 9.01. The van der Waals surface area contributed by atoms with Gasteiger partial charge in [0.05, 0.1) is 6.17 Å². The van der Waals surface area contributed by atoms with Crippen molar-refractivity contribution in [3.8, 4) is 0 Å². The van der Waals surface area contributed by atoms with Crippen molar-refractivity contribution in [1.82, 2.24) is 10.2 Å². The summed E-state index contributed by atoms with van der Waals surface area (Å²) in [6, 6.07) is 0. The third-order valence-corrected chi connectivity index (χ3v) is 2.38. The Kier molecular flexibility index (Phi) is 2.90. The summed E-state index contributed by atoms with van der Waals surface area (Å²) < 4.78 is 0. The molecule has 0 radical (unpaired) electrons. The van der Waals surface area contributed by atoms with Crippen LogP contribution in [0.4, 0.5) is 0 Å². The molecule has 1 heterocycles. The van der Waals surface area contributed by atoms with Gasteiger partial charge in [-0.2, -0.15) is 0 Å². The van der Waals surface area contributed by atoms with Crippen molar-refractivity contribution in [2.75, 3.05) is 20.1 Å². The lowest BCUT2D eigenvalue weighted by Gasteiger charge is -2.39. The second-order valence-electron chi connectivity index (χ2n) is 4.14. The van der Waals surface area contributed by atoms with Gasteiger partial charge in [-0.15, -0.1) is 0 Å². The molecule has 66 valence electrons. The van der Waals surface area contributed by atoms with E-state index < -0.39 is 0 Å². The Bertz CT molecular complexity index is 123. The molecule has 0 aromatic rings. The molecular formula is C9H20N2. The smallest absolute Gasteiger partial charge is 0.0618 e. The summed E-state index contributed by atoms with van der Waals surface area (Å²) in [6.07, 6.45) is 0.589. The van der Waals surface area contributed by atoms with Gasteiger partial charge in [0.15, 0.2) is 0 Å². The number of nitrogens with one attached hydrogen (secondary N) is 1. The number of nitrogens with zero attached hydrogens (tertiary/aromatic N) is 1. The van der Waals surface area contributed by atoms with E-state index in [1.807, 2.05) is 0 Å². The van der Waals surface area contributed by atoms with Crippen molar-refractivity contribution in [2.24, 2.45) is 11.8 Å². The summed E-state index contributed by atoms with van der Waals surface area (Å²) in [4.78, 5) is 2.42. The van der Waals surface area contributed by atoms with Crippen LogP contribution in [0.2, 0.25) is 0 Å². The molecule has 11 heavy (non-hydrogen) atoms. The first-order chi connectivity index (χ1) is 5.11. The summed E-state index contributed by atoms with van der Waals surface area (Å²) in [7, 11) is 2.20. The molecular weight excluding hydrogens is 136 g/mol. The van der Waals surface area contributed by atoms with Crippen LogP contribution in [0.5, 0.6) is 0 Å². The molecule has 1 N–H and O–H groups in total. The predicted octanol–water partition coefficient (Wildman–Crippen LogP) is 1.14. The third-order valence-electron chi connectivity index (χ3n) is 2.38.